The topological polar surface area (TPSA) is 183 Å². The third-order valence-corrected chi connectivity index (χ3v) is 13.0. The zero-order valence-corrected chi connectivity index (χ0v) is 33.7. The van der Waals surface area contributed by atoms with E-state index in [2.05, 4.69) is 35.3 Å². The molecule has 16 nitrogen and oxygen atoms in total. The number of piperidine rings is 2. The average Bonchev–Trinajstić information content (AvgIpc) is 3.85. The zero-order valence-electron chi connectivity index (χ0n) is 33.7. The summed E-state index contributed by atoms with van der Waals surface area (Å²) in [4.78, 5) is 98.3. The molecule has 7 heterocycles. The fourth-order valence-electron chi connectivity index (χ4n) is 9.74. The lowest BCUT2D eigenvalue weighted by Gasteiger charge is -2.43. The molecule has 0 spiro atoms. The third-order valence-electron chi connectivity index (χ3n) is 13.0. The molecule has 3 aromatic heterocycles. The number of amides is 4. The van der Waals surface area contributed by atoms with Crippen molar-refractivity contribution in [2.45, 2.75) is 89.9 Å². The summed E-state index contributed by atoms with van der Waals surface area (Å²) in [5.41, 5.74) is 2.41. The number of fused-ring (bicyclic) bond motifs is 2. The fraction of sp³-hybridized carbons (Fsp3) is 0.465. The van der Waals surface area contributed by atoms with Crippen molar-refractivity contribution in [3.8, 4) is 0 Å². The van der Waals surface area contributed by atoms with E-state index in [1.807, 2.05) is 18.3 Å². The van der Waals surface area contributed by atoms with E-state index in [1.165, 1.54) is 13.0 Å². The largest absolute Gasteiger partial charge is 0.370 e. The summed E-state index contributed by atoms with van der Waals surface area (Å²) in [6, 6.07) is 5.78. The van der Waals surface area contributed by atoms with Crippen molar-refractivity contribution in [2.75, 3.05) is 49.5 Å². The van der Waals surface area contributed by atoms with Crippen LogP contribution in [0, 0.1) is 12.7 Å². The Bertz CT molecular complexity index is 2490. The molecule has 0 radical (unpaired) electrons. The van der Waals surface area contributed by atoms with Crippen LogP contribution in [0.2, 0.25) is 0 Å². The maximum atomic E-state index is 15.4. The number of hydrogen-bond donors (Lipinski definition) is 2. The van der Waals surface area contributed by atoms with Gasteiger partial charge in [-0.2, -0.15) is 4.98 Å². The molecule has 1 atom stereocenters. The monoisotopic (exact) mass is 818 g/mol. The van der Waals surface area contributed by atoms with Crippen LogP contribution < -0.4 is 21.1 Å². The lowest BCUT2D eigenvalue weighted by Crippen LogP contribution is -2.54. The Labute approximate surface area is 345 Å². The van der Waals surface area contributed by atoms with Gasteiger partial charge in [0.15, 0.2) is 5.78 Å². The highest BCUT2D eigenvalue weighted by Crippen LogP contribution is 2.33. The average molecular weight is 819 g/mol. The first-order valence-corrected chi connectivity index (χ1v) is 20.9. The molecule has 4 fully saturated rings. The predicted octanol–water partition coefficient (Wildman–Crippen LogP) is 3.88. The van der Waals surface area contributed by atoms with Crippen LogP contribution in [0.15, 0.2) is 41.5 Å². The molecule has 0 bridgehead atoms. The van der Waals surface area contributed by atoms with Crippen LogP contribution in [0.25, 0.3) is 11.0 Å². The minimum absolute atomic E-state index is 0.00673. The zero-order chi connectivity index (χ0) is 41.8. The molecule has 4 aliphatic heterocycles. The van der Waals surface area contributed by atoms with Crippen molar-refractivity contribution in [3.05, 3.63) is 80.6 Å². The van der Waals surface area contributed by atoms with Gasteiger partial charge in [-0.15, -0.1) is 0 Å². The Kier molecular flexibility index (Phi) is 10.5. The molecule has 1 aliphatic carbocycles. The molecule has 9 rings (SSSR count). The summed E-state index contributed by atoms with van der Waals surface area (Å²) in [7, 11) is 0. The lowest BCUT2D eigenvalue weighted by molar-refractivity contribution is -0.136. The maximum Gasteiger partial charge on any atom is 0.263 e. The Morgan fingerprint density at radius 1 is 0.867 bits per heavy atom. The summed E-state index contributed by atoms with van der Waals surface area (Å²) >= 11 is 0. The number of pyridine rings is 2. The molecule has 17 heteroatoms. The molecular weight excluding hydrogens is 772 g/mol. The first-order chi connectivity index (χ1) is 28.9. The molecule has 4 aromatic rings. The molecule has 5 aliphatic rings. The van der Waals surface area contributed by atoms with E-state index >= 15 is 4.39 Å². The minimum Gasteiger partial charge on any atom is -0.370 e. The van der Waals surface area contributed by atoms with Gasteiger partial charge in [0.2, 0.25) is 17.8 Å². The van der Waals surface area contributed by atoms with Crippen molar-refractivity contribution in [2.24, 2.45) is 0 Å². The van der Waals surface area contributed by atoms with Crippen LogP contribution in [0.5, 0.6) is 0 Å². The van der Waals surface area contributed by atoms with Gasteiger partial charge >= 0.3 is 0 Å². The SMILES string of the molecule is CC(=O)c1c(C)c2cnc(Nc3ccc(N4CCC(N5CCN(Cc6cc7c(cc6F)C(=O)N(C6CCC(=O)NC6=O)C7=O)CC5)CC4)cn3)nc2n(C2CCCC2)c1=O. The molecule has 4 amide bonds. The number of benzene rings is 1. The fourth-order valence-corrected chi connectivity index (χ4v) is 9.74. The Morgan fingerprint density at radius 2 is 1.58 bits per heavy atom. The van der Waals surface area contributed by atoms with Crippen LogP contribution in [-0.2, 0) is 16.1 Å². The summed E-state index contributed by atoms with van der Waals surface area (Å²) < 4.78 is 17.1. The summed E-state index contributed by atoms with van der Waals surface area (Å²) in [5.74, 6) is -2.44. The van der Waals surface area contributed by atoms with Crippen LogP contribution in [0.3, 0.4) is 0 Å². The molecule has 2 N–H and O–H groups in total. The van der Waals surface area contributed by atoms with Gasteiger partial charge in [0.05, 0.1) is 28.6 Å². The van der Waals surface area contributed by atoms with E-state index in [0.29, 0.717) is 46.5 Å². The highest BCUT2D eigenvalue weighted by atomic mass is 19.1. The second-order valence-corrected chi connectivity index (χ2v) is 16.6. The first-order valence-electron chi connectivity index (χ1n) is 20.9. The van der Waals surface area contributed by atoms with Crippen molar-refractivity contribution < 1.29 is 28.4 Å². The van der Waals surface area contributed by atoms with Gasteiger partial charge in [-0.25, -0.2) is 14.4 Å². The molecule has 1 unspecified atom stereocenters. The summed E-state index contributed by atoms with van der Waals surface area (Å²) in [5, 5.41) is 6.08. The predicted molar refractivity (Wildman–Crippen MR) is 219 cm³/mol. The van der Waals surface area contributed by atoms with Crippen molar-refractivity contribution in [1.82, 2.24) is 39.5 Å². The first kappa shape index (κ1) is 39.5. The number of imide groups is 2. The normalized spacial score (nSPS) is 20.9. The molecule has 3 saturated heterocycles. The third kappa shape index (κ3) is 7.23. The second-order valence-electron chi connectivity index (χ2n) is 16.6. The minimum atomic E-state index is -1.10. The number of aromatic nitrogens is 4. The smallest absolute Gasteiger partial charge is 0.263 e. The number of piperazine rings is 1. The highest BCUT2D eigenvalue weighted by Gasteiger charge is 2.45. The Balaban J connectivity index is 0.785. The number of carbonyl (C=O) groups is 5. The quantitative estimate of drug-likeness (QED) is 0.184. The van der Waals surface area contributed by atoms with E-state index in [9.17, 15) is 28.8 Å². The number of ketones is 1. The van der Waals surface area contributed by atoms with Crippen LogP contribution in [-0.4, -0.2) is 115 Å². The van der Waals surface area contributed by atoms with Gasteiger partial charge < -0.3 is 10.2 Å². The van der Waals surface area contributed by atoms with Crippen LogP contribution >= 0.6 is 0 Å². The molecule has 312 valence electrons. The van der Waals surface area contributed by atoms with E-state index in [1.54, 1.807) is 17.7 Å². The van der Waals surface area contributed by atoms with Crippen molar-refractivity contribution in [3.63, 3.8) is 0 Å². The van der Waals surface area contributed by atoms with Gasteiger partial charge in [0.25, 0.3) is 17.4 Å². The van der Waals surface area contributed by atoms with E-state index in [-0.39, 0.29) is 46.9 Å². The van der Waals surface area contributed by atoms with Crippen LogP contribution in [0.4, 0.5) is 21.8 Å². The van der Waals surface area contributed by atoms with Gasteiger partial charge in [-0.05, 0) is 75.8 Å². The Hall–Kier alpha value is -5.94. The highest BCUT2D eigenvalue weighted by molar-refractivity contribution is 6.23. The van der Waals surface area contributed by atoms with Gasteiger partial charge in [0.1, 0.15) is 23.3 Å². The summed E-state index contributed by atoms with van der Waals surface area (Å²) in [6.07, 6.45) is 9.34. The van der Waals surface area contributed by atoms with Gasteiger partial charge in [-0.1, -0.05) is 12.8 Å². The van der Waals surface area contributed by atoms with Gasteiger partial charge in [-0.3, -0.25) is 53.4 Å². The maximum absolute atomic E-state index is 15.4. The number of anilines is 3. The molecule has 60 heavy (non-hydrogen) atoms. The Morgan fingerprint density at radius 3 is 2.25 bits per heavy atom. The van der Waals surface area contributed by atoms with E-state index in [0.717, 1.165) is 94.4 Å². The molecule has 1 aromatic carbocycles. The number of rotatable bonds is 9. The number of carbonyl (C=O) groups excluding carboxylic acids is 5. The number of Topliss-reactive ketones (excluding diaryl/α,β-unsaturated/α-hetero) is 1. The van der Waals surface area contributed by atoms with Crippen molar-refractivity contribution >= 4 is 57.9 Å². The number of nitrogens with zero attached hydrogens (tertiary/aromatic N) is 8. The van der Waals surface area contributed by atoms with Crippen molar-refractivity contribution in [1.29, 1.82) is 0 Å². The number of halogens is 1. The number of nitrogens with one attached hydrogen (secondary N) is 2. The standard InChI is InChI=1S/C43H47FN10O6/c1-24-32-22-46-43(49-38(32)53(28-5-3-4-6-28)42(60)37(24)25(2)55)47-35-9-7-29(21-45-35)51-13-11-27(12-14-51)52-17-15-50(16-18-52)23-26-19-30-31(20-33(26)44)41(59)54(40(30)58)34-8-10-36(56)48-39(34)57/h7,9,19-22,27-28,34H,3-6,8,10-18,23H2,1-2H3,(H,48,56,57)(H,45,46,47,49). The van der Waals surface area contributed by atoms with Crippen LogP contribution in [0.1, 0.15) is 107 Å². The lowest BCUT2D eigenvalue weighted by atomic mass is 10.0. The molecular formula is C43H47FN10O6. The van der Waals surface area contributed by atoms with E-state index in [4.69, 9.17) is 4.98 Å². The summed E-state index contributed by atoms with van der Waals surface area (Å²) in [6.45, 7) is 8.34. The van der Waals surface area contributed by atoms with Gasteiger partial charge in [0, 0.05) is 81.5 Å². The molecule has 1 saturated carbocycles. The second kappa shape index (κ2) is 15.9. The number of hydrogen-bond acceptors (Lipinski definition) is 13. The van der Waals surface area contributed by atoms with E-state index < -0.39 is 35.5 Å². The number of aryl methyl sites for hydroxylation is 1.